The molecule has 39 heavy (non-hydrogen) atoms. The number of hydrogen-bond acceptors (Lipinski definition) is 6. The third kappa shape index (κ3) is 10.3. The molecule has 0 saturated heterocycles. The summed E-state index contributed by atoms with van der Waals surface area (Å²) in [5.41, 5.74) is 10.1. The second-order valence-corrected chi connectivity index (χ2v) is 11.9. The minimum atomic E-state index is -0.627. The van der Waals surface area contributed by atoms with Gasteiger partial charge in [-0.15, -0.1) is 0 Å². The van der Waals surface area contributed by atoms with Crippen LogP contribution in [0.5, 0.6) is 23.0 Å². The van der Waals surface area contributed by atoms with Gasteiger partial charge in [0, 0.05) is 17.5 Å². The highest BCUT2D eigenvalue weighted by atomic mass is 127. The molecule has 1 amide bonds. The Hall–Kier alpha value is -2.90. The lowest BCUT2D eigenvalue weighted by atomic mass is 10.1. The van der Waals surface area contributed by atoms with E-state index >= 15 is 0 Å². The molecule has 3 aromatic carbocycles. The predicted octanol–water partition coefficient (Wildman–Crippen LogP) is 8.02. The molecular weight excluding hydrogens is 726 g/mol. The van der Waals surface area contributed by atoms with Crippen LogP contribution in [0.4, 0.5) is 4.79 Å². The Labute approximate surface area is 255 Å². The van der Waals surface area contributed by atoms with E-state index in [1.807, 2.05) is 60.7 Å². The molecule has 0 radical (unpaired) electrons. The van der Waals surface area contributed by atoms with Crippen LogP contribution in [-0.4, -0.2) is 31.4 Å². The summed E-state index contributed by atoms with van der Waals surface area (Å²) in [5, 5.41) is 6.45. The van der Waals surface area contributed by atoms with Crippen LogP contribution in [0, 0.1) is 7.14 Å². The second kappa shape index (κ2) is 14.5. The Morgan fingerprint density at radius 1 is 0.974 bits per heavy atom. The lowest BCUT2D eigenvalue weighted by molar-refractivity contribution is 0.0506. The van der Waals surface area contributed by atoms with Crippen molar-refractivity contribution in [1.82, 2.24) is 5.32 Å². The minimum Gasteiger partial charge on any atom is -0.497 e. The van der Waals surface area contributed by atoms with E-state index in [0.29, 0.717) is 18.8 Å². The fourth-order valence-electron chi connectivity index (χ4n) is 3.49. The topological polar surface area (TPSA) is 115 Å². The summed E-state index contributed by atoms with van der Waals surface area (Å²) in [6.45, 7) is 5.93. The van der Waals surface area contributed by atoms with Crippen molar-refractivity contribution in [3.63, 3.8) is 0 Å². The standard InChI is InChI=1S/C28H30I2N4O5/c1-28(2,3)39-27(35)33-20(16-32-34-31)13-19-14-24(29)26(25(30)15-19)38-23-11-9-22(10-12-23)37-17-18-5-7-21(36-4)8-6-18/h5-12,14-15,20H,13,16-17H2,1-4H3,(H,33,35)/t20-/m0/s1. The molecule has 0 unspecified atom stereocenters. The summed E-state index contributed by atoms with van der Waals surface area (Å²) in [6, 6.07) is 18.8. The number of amides is 1. The summed E-state index contributed by atoms with van der Waals surface area (Å²) in [5.74, 6) is 2.96. The number of azide groups is 1. The molecule has 0 aliphatic heterocycles. The molecule has 0 aromatic heterocycles. The van der Waals surface area contributed by atoms with Gasteiger partial charge in [0.05, 0.1) is 14.3 Å². The summed E-state index contributed by atoms with van der Waals surface area (Å²) in [6.07, 6.45) is -0.0912. The zero-order valence-electron chi connectivity index (χ0n) is 22.1. The highest BCUT2D eigenvalue weighted by Crippen LogP contribution is 2.34. The molecule has 1 N–H and O–H groups in total. The van der Waals surface area contributed by atoms with E-state index in [0.717, 1.165) is 35.5 Å². The summed E-state index contributed by atoms with van der Waals surface area (Å²) in [4.78, 5) is 15.1. The first-order chi connectivity index (χ1) is 18.6. The summed E-state index contributed by atoms with van der Waals surface area (Å²) < 4.78 is 24.4. The molecule has 0 heterocycles. The molecule has 0 aliphatic carbocycles. The molecule has 11 heteroatoms. The smallest absolute Gasteiger partial charge is 0.407 e. The molecule has 0 saturated carbocycles. The first kappa shape index (κ1) is 30.6. The summed E-state index contributed by atoms with van der Waals surface area (Å²) >= 11 is 4.46. The lowest BCUT2D eigenvalue weighted by Gasteiger charge is -2.23. The number of benzene rings is 3. The Kier molecular flexibility index (Phi) is 11.4. The van der Waals surface area contributed by atoms with Crippen molar-refractivity contribution in [2.45, 2.75) is 45.4 Å². The quantitative estimate of drug-likeness (QED) is 0.0922. The Morgan fingerprint density at radius 2 is 1.56 bits per heavy atom. The number of alkyl carbamates (subject to hydrolysis) is 1. The Balaban J connectivity index is 1.63. The first-order valence-corrected chi connectivity index (χ1v) is 14.2. The van der Waals surface area contributed by atoms with Gasteiger partial charge in [-0.3, -0.25) is 0 Å². The van der Waals surface area contributed by atoms with Crippen molar-refractivity contribution >= 4 is 51.3 Å². The van der Waals surface area contributed by atoms with E-state index in [9.17, 15) is 4.79 Å². The van der Waals surface area contributed by atoms with E-state index in [1.165, 1.54) is 0 Å². The zero-order valence-corrected chi connectivity index (χ0v) is 26.4. The lowest BCUT2D eigenvalue weighted by Crippen LogP contribution is -2.41. The predicted molar refractivity (Wildman–Crippen MR) is 167 cm³/mol. The first-order valence-electron chi connectivity index (χ1n) is 12.1. The van der Waals surface area contributed by atoms with Crippen LogP contribution in [0.15, 0.2) is 65.8 Å². The van der Waals surface area contributed by atoms with Crippen LogP contribution in [0.2, 0.25) is 0 Å². The molecule has 0 aliphatic rings. The molecule has 3 aromatic rings. The van der Waals surface area contributed by atoms with Gasteiger partial charge in [-0.25, -0.2) is 4.79 Å². The van der Waals surface area contributed by atoms with Crippen molar-refractivity contribution in [2.75, 3.05) is 13.7 Å². The van der Waals surface area contributed by atoms with Crippen LogP contribution in [0.25, 0.3) is 10.4 Å². The van der Waals surface area contributed by atoms with Crippen LogP contribution in [0.1, 0.15) is 31.9 Å². The number of halogens is 2. The molecule has 3 rings (SSSR count). The molecule has 0 bridgehead atoms. The van der Waals surface area contributed by atoms with Gasteiger partial charge in [0.2, 0.25) is 0 Å². The molecule has 9 nitrogen and oxygen atoms in total. The highest BCUT2D eigenvalue weighted by Gasteiger charge is 2.20. The maximum absolute atomic E-state index is 12.3. The Bertz CT molecular complexity index is 1280. The molecule has 0 spiro atoms. The van der Waals surface area contributed by atoms with Gasteiger partial charge in [0.15, 0.2) is 5.75 Å². The molecular formula is C28H30I2N4O5. The van der Waals surface area contributed by atoms with Crippen LogP contribution in [-0.2, 0) is 17.8 Å². The monoisotopic (exact) mass is 756 g/mol. The number of carbonyl (C=O) groups excluding carboxylic acids is 1. The van der Waals surface area contributed by atoms with E-state index in [4.69, 9.17) is 24.5 Å². The number of methoxy groups -OCH3 is 1. The van der Waals surface area contributed by atoms with Gasteiger partial charge in [-0.1, -0.05) is 17.2 Å². The fourth-order valence-corrected chi connectivity index (χ4v) is 5.61. The zero-order chi connectivity index (χ0) is 28.4. The average molecular weight is 756 g/mol. The third-order valence-corrected chi connectivity index (χ3v) is 6.84. The fraction of sp³-hybridized carbons (Fsp3) is 0.321. The van der Waals surface area contributed by atoms with E-state index in [1.54, 1.807) is 27.9 Å². The molecule has 206 valence electrons. The average Bonchev–Trinajstić information content (AvgIpc) is 2.88. The maximum Gasteiger partial charge on any atom is 0.407 e. The second-order valence-electron chi connectivity index (χ2n) is 9.56. The van der Waals surface area contributed by atoms with Crippen molar-refractivity contribution in [3.8, 4) is 23.0 Å². The molecule has 1 atom stereocenters. The SMILES string of the molecule is COc1ccc(COc2ccc(Oc3c(I)cc(C[C@@H](CN=[N+]=[N-])NC(=O)OC(C)(C)C)cc3I)cc2)cc1. The highest BCUT2D eigenvalue weighted by molar-refractivity contribution is 14.1. The maximum atomic E-state index is 12.3. The van der Waals surface area contributed by atoms with E-state index in [2.05, 4.69) is 60.5 Å². The molecule has 0 fully saturated rings. The van der Waals surface area contributed by atoms with Crippen LogP contribution < -0.4 is 19.5 Å². The number of ether oxygens (including phenoxy) is 4. The van der Waals surface area contributed by atoms with Gasteiger partial charge in [0.1, 0.15) is 29.5 Å². The van der Waals surface area contributed by atoms with Gasteiger partial charge in [-0.05, 0) is 138 Å². The van der Waals surface area contributed by atoms with Crippen molar-refractivity contribution in [2.24, 2.45) is 5.11 Å². The number of nitrogens with zero attached hydrogens (tertiary/aromatic N) is 3. The van der Waals surface area contributed by atoms with Crippen molar-refractivity contribution in [3.05, 3.63) is 89.4 Å². The van der Waals surface area contributed by atoms with Gasteiger partial charge in [-0.2, -0.15) is 0 Å². The van der Waals surface area contributed by atoms with Crippen LogP contribution >= 0.6 is 45.2 Å². The number of rotatable bonds is 11. The minimum absolute atomic E-state index is 0.105. The largest absolute Gasteiger partial charge is 0.497 e. The van der Waals surface area contributed by atoms with E-state index < -0.39 is 17.7 Å². The van der Waals surface area contributed by atoms with Gasteiger partial charge in [0.25, 0.3) is 0 Å². The van der Waals surface area contributed by atoms with Gasteiger partial charge >= 0.3 is 6.09 Å². The van der Waals surface area contributed by atoms with E-state index in [-0.39, 0.29) is 6.54 Å². The number of carbonyl (C=O) groups is 1. The Morgan fingerprint density at radius 3 is 2.13 bits per heavy atom. The number of hydrogen-bond donors (Lipinski definition) is 1. The van der Waals surface area contributed by atoms with Crippen molar-refractivity contribution < 1.29 is 23.7 Å². The number of nitrogens with one attached hydrogen (secondary N) is 1. The van der Waals surface area contributed by atoms with Crippen LogP contribution in [0.3, 0.4) is 0 Å². The third-order valence-electron chi connectivity index (χ3n) is 5.23. The van der Waals surface area contributed by atoms with Gasteiger partial charge < -0.3 is 24.3 Å². The van der Waals surface area contributed by atoms with Crippen molar-refractivity contribution in [1.29, 1.82) is 0 Å². The summed E-state index contributed by atoms with van der Waals surface area (Å²) in [7, 11) is 1.64. The normalized spacial score (nSPS) is 11.6.